The maximum Gasteiger partial charge on any atom is 0.410 e. The van der Waals surface area contributed by atoms with E-state index in [2.05, 4.69) is 6.58 Å². The fourth-order valence-electron chi connectivity index (χ4n) is 2.13. The molecule has 0 saturated heterocycles. The van der Waals surface area contributed by atoms with Gasteiger partial charge in [-0.3, -0.25) is 4.90 Å². The summed E-state index contributed by atoms with van der Waals surface area (Å²) in [6.07, 6.45) is -0.323. The van der Waals surface area contributed by atoms with E-state index in [0.717, 1.165) is 16.7 Å². The van der Waals surface area contributed by atoms with Crippen LogP contribution in [0.15, 0.2) is 72.8 Å². The van der Waals surface area contributed by atoms with Gasteiger partial charge in [0.1, 0.15) is 6.61 Å². The molecule has 0 unspecified atom stereocenters. The van der Waals surface area contributed by atoms with Gasteiger partial charge in [0.05, 0.1) is 0 Å². The number of carbonyl (C=O) groups excluding carboxylic acids is 1. The van der Waals surface area contributed by atoms with Crippen LogP contribution in [0.2, 0.25) is 0 Å². The van der Waals surface area contributed by atoms with Crippen molar-refractivity contribution in [2.75, 3.05) is 6.54 Å². The Hall–Kier alpha value is -2.55. The Bertz CT molecular complexity index is 608. The Morgan fingerprint density at radius 3 is 2.09 bits per heavy atom. The van der Waals surface area contributed by atoms with Gasteiger partial charge in [0.25, 0.3) is 0 Å². The lowest BCUT2D eigenvalue weighted by molar-refractivity contribution is 0.0969. The highest BCUT2D eigenvalue weighted by molar-refractivity contribution is 5.68. The zero-order valence-electron chi connectivity index (χ0n) is 12.9. The van der Waals surface area contributed by atoms with Crippen molar-refractivity contribution in [2.45, 2.75) is 20.1 Å². The van der Waals surface area contributed by atoms with Gasteiger partial charge in [-0.2, -0.15) is 0 Å². The summed E-state index contributed by atoms with van der Waals surface area (Å²) in [6.45, 7) is 7.08. The highest BCUT2D eigenvalue weighted by atomic mass is 16.6. The number of nitrogens with zero attached hydrogens (tertiary/aromatic N) is 1. The summed E-state index contributed by atoms with van der Waals surface area (Å²) < 4.78 is 5.41. The largest absolute Gasteiger partial charge is 0.445 e. The van der Waals surface area contributed by atoms with Crippen molar-refractivity contribution in [3.63, 3.8) is 0 Å². The maximum absolute atomic E-state index is 12.3. The molecule has 0 bridgehead atoms. The van der Waals surface area contributed by atoms with E-state index < -0.39 is 0 Å². The molecule has 0 aliphatic rings. The number of rotatable bonds is 6. The molecule has 2 aromatic carbocycles. The summed E-state index contributed by atoms with van der Waals surface area (Å²) in [5, 5.41) is 0. The maximum atomic E-state index is 12.3. The van der Waals surface area contributed by atoms with Crippen LogP contribution in [0.3, 0.4) is 0 Å². The molecule has 114 valence electrons. The van der Waals surface area contributed by atoms with Crippen molar-refractivity contribution in [1.29, 1.82) is 0 Å². The van der Waals surface area contributed by atoms with Gasteiger partial charge < -0.3 is 4.74 Å². The van der Waals surface area contributed by atoms with Crippen LogP contribution in [-0.2, 0) is 17.9 Å². The highest BCUT2D eigenvalue weighted by Gasteiger charge is 2.15. The number of hydrogen-bond acceptors (Lipinski definition) is 2. The molecule has 3 nitrogen and oxygen atoms in total. The van der Waals surface area contributed by atoms with Gasteiger partial charge >= 0.3 is 6.09 Å². The predicted octanol–water partition coefficient (Wildman–Crippen LogP) is 4.40. The molecule has 1 amide bonds. The topological polar surface area (TPSA) is 29.5 Å². The van der Waals surface area contributed by atoms with Crippen molar-refractivity contribution in [3.05, 3.63) is 83.9 Å². The van der Waals surface area contributed by atoms with E-state index in [1.807, 2.05) is 67.6 Å². The van der Waals surface area contributed by atoms with Crippen LogP contribution in [-0.4, -0.2) is 17.5 Å². The van der Waals surface area contributed by atoms with E-state index in [4.69, 9.17) is 4.74 Å². The van der Waals surface area contributed by atoms with Gasteiger partial charge in [-0.15, -0.1) is 0 Å². The molecular weight excluding hydrogens is 274 g/mol. The van der Waals surface area contributed by atoms with E-state index in [9.17, 15) is 4.79 Å². The Kier molecular flexibility index (Phi) is 5.78. The molecule has 0 atom stereocenters. The average Bonchev–Trinajstić information content (AvgIpc) is 2.53. The number of benzene rings is 2. The van der Waals surface area contributed by atoms with Crippen LogP contribution in [0.4, 0.5) is 4.79 Å². The molecule has 0 heterocycles. The SMILES string of the molecule is C=C(C)CN(Cc1ccccc1)C(=O)OCc1ccccc1. The second kappa shape index (κ2) is 8.03. The van der Waals surface area contributed by atoms with Gasteiger partial charge in [0, 0.05) is 13.1 Å². The average molecular weight is 295 g/mol. The van der Waals surface area contributed by atoms with Crippen LogP contribution in [0.5, 0.6) is 0 Å². The molecule has 0 aromatic heterocycles. The Morgan fingerprint density at radius 2 is 1.55 bits per heavy atom. The molecule has 0 aliphatic heterocycles. The molecule has 0 N–H and O–H groups in total. The quantitative estimate of drug-likeness (QED) is 0.739. The second-order valence-corrected chi connectivity index (χ2v) is 5.34. The predicted molar refractivity (Wildman–Crippen MR) is 88.3 cm³/mol. The number of amides is 1. The third kappa shape index (κ3) is 5.09. The standard InChI is InChI=1S/C19H21NO2/c1-16(2)13-20(14-17-9-5-3-6-10-17)19(21)22-15-18-11-7-4-8-12-18/h3-12H,1,13-15H2,2H3. The first-order valence-electron chi connectivity index (χ1n) is 7.29. The molecule has 0 fully saturated rings. The van der Waals surface area contributed by atoms with Crippen molar-refractivity contribution in [1.82, 2.24) is 4.90 Å². The molecular formula is C19H21NO2. The lowest BCUT2D eigenvalue weighted by Crippen LogP contribution is -2.32. The molecule has 2 rings (SSSR count). The van der Waals surface area contributed by atoms with Crippen LogP contribution in [0.25, 0.3) is 0 Å². The van der Waals surface area contributed by atoms with E-state index >= 15 is 0 Å². The number of ether oxygens (including phenoxy) is 1. The Morgan fingerprint density at radius 1 is 1.00 bits per heavy atom. The lowest BCUT2D eigenvalue weighted by atomic mass is 10.2. The van der Waals surface area contributed by atoms with E-state index in [1.165, 1.54) is 0 Å². The van der Waals surface area contributed by atoms with E-state index in [-0.39, 0.29) is 12.7 Å². The highest BCUT2D eigenvalue weighted by Crippen LogP contribution is 2.10. The summed E-state index contributed by atoms with van der Waals surface area (Å²) in [5.74, 6) is 0. The van der Waals surface area contributed by atoms with Crippen molar-refractivity contribution in [3.8, 4) is 0 Å². The third-order valence-electron chi connectivity index (χ3n) is 3.14. The molecule has 0 saturated carbocycles. The van der Waals surface area contributed by atoms with Gasteiger partial charge in [-0.05, 0) is 18.1 Å². The summed E-state index contributed by atoms with van der Waals surface area (Å²) in [7, 11) is 0. The van der Waals surface area contributed by atoms with Gasteiger partial charge in [-0.1, -0.05) is 72.8 Å². The van der Waals surface area contributed by atoms with Gasteiger partial charge in [0.15, 0.2) is 0 Å². The number of hydrogen-bond donors (Lipinski definition) is 0. The van der Waals surface area contributed by atoms with Crippen molar-refractivity contribution >= 4 is 6.09 Å². The lowest BCUT2D eigenvalue weighted by Gasteiger charge is -2.22. The van der Waals surface area contributed by atoms with Crippen LogP contribution < -0.4 is 0 Å². The van der Waals surface area contributed by atoms with Crippen LogP contribution >= 0.6 is 0 Å². The first-order chi connectivity index (χ1) is 10.6. The molecule has 2 aromatic rings. The fraction of sp³-hybridized carbons (Fsp3) is 0.211. The van der Waals surface area contributed by atoms with E-state index in [1.54, 1.807) is 4.90 Å². The summed E-state index contributed by atoms with van der Waals surface area (Å²) in [4.78, 5) is 14.0. The monoisotopic (exact) mass is 295 g/mol. The Labute approximate surface area is 131 Å². The smallest absolute Gasteiger partial charge is 0.410 e. The molecule has 0 radical (unpaired) electrons. The first kappa shape index (κ1) is 15.8. The molecule has 3 heteroatoms. The molecule has 22 heavy (non-hydrogen) atoms. The summed E-state index contributed by atoms with van der Waals surface area (Å²) in [5.41, 5.74) is 2.97. The third-order valence-corrected chi connectivity index (χ3v) is 3.14. The fourth-order valence-corrected chi connectivity index (χ4v) is 2.13. The van der Waals surface area contributed by atoms with Gasteiger partial charge in [-0.25, -0.2) is 4.79 Å². The number of carbonyl (C=O) groups is 1. The minimum Gasteiger partial charge on any atom is -0.445 e. The molecule has 0 spiro atoms. The minimum atomic E-state index is -0.323. The first-order valence-corrected chi connectivity index (χ1v) is 7.29. The van der Waals surface area contributed by atoms with E-state index in [0.29, 0.717) is 13.1 Å². The van der Waals surface area contributed by atoms with Crippen LogP contribution in [0, 0.1) is 0 Å². The zero-order valence-corrected chi connectivity index (χ0v) is 12.9. The Balaban J connectivity index is 1.98. The molecule has 0 aliphatic carbocycles. The van der Waals surface area contributed by atoms with Crippen molar-refractivity contribution < 1.29 is 9.53 Å². The van der Waals surface area contributed by atoms with Gasteiger partial charge in [0.2, 0.25) is 0 Å². The summed E-state index contributed by atoms with van der Waals surface area (Å²) in [6, 6.07) is 19.5. The minimum absolute atomic E-state index is 0.279. The summed E-state index contributed by atoms with van der Waals surface area (Å²) >= 11 is 0. The van der Waals surface area contributed by atoms with Crippen molar-refractivity contribution in [2.24, 2.45) is 0 Å². The normalized spacial score (nSPS) is 10.0. The zero-order chi connectivity index (χ0) is 15.8. The van der Waals surface area contributed by atoms with Crippen LogP contribution in [0.1, 0.15) is 18.1 Å². The second-order valence-electron chi connectivity index (χ2n) is 5.34.